The molecule has 0 unspecified atom stereocenters. The third-order valence-corrected chi connectivity index (χ3v) is 3.26. The van der Waals surface area contributed by atoms with Crippen molar-refractivity contribution in [1.82, 2.24) is 0 Å². The Labute approximate surface area is 123 Å². The summed E-state index contributed by atoms with van der Waals surface area (Å²) in [6, 6.07) is 0. The van der Waals surface area contributed by atoms with Crippen molar-refractivity contribution >= 4 is 27.9 Å². The molecule has 0 bridgehead atoms. The Morgan fingerprint density at radius 3 is 1.90 bits per heavy atom. The van der Waals surface area contributed by atoms with Gasteiger partial charge in [-0.2, -0.15) is 0 Å². The SMILES string of the molecule is CCOC(=O)c1c(C)c(F)c(C(=O)OCC)c(Br)c1F. The molecule has 0 aliphatic carbocycles. The van der Waals surface area contributed by atoms with Crippen molar-refractivity contribution in [2.24, 2.45) is 0 Å². The van der Waals surface area contributed by atoms with Crippen molar-refractivity contribution in [1.29, 1.82) is 0 Å². The molecule has 20 heavy (non-hydrogen) atoms. The molecule has 0 radical (unpaired) electrons. The zero-order chi connectivity index (χ0) is 15.4. The van der Waals surface area contributed by atoms with E-state index in [9.17, 15) is 18.4 Å². The first-order valence-electron chi connectivity index (χ1n) is 5.88. The molecule has 1 aromatic rings. The highest BCUT2D eigenvalue weighted by Gasteiger charge is 2.29. The zero-order valence-corrected chi connectivity index (χ0v) is 12.8. The summed E-state index contributed by atoms with van der Waals surface area (Å²) in [4.78, 5) is 23.3. The van der Waals surface area contributed by atoms with Gasteiger partial charge >= 0.3 is 11.9 Å². The highest BCUT2D eigenvalue weighted by Crippen LogP contribution is 2.31. The molecule has 7 heteroatoms. The second kappa shape index (κ2) is 6.78. The Morgan fingerprint density at radius 1 is 1.00 bits per heavy atom. The quantitative estimate of drug-likeness (QED) is 0.616. The Bertz CT molecular complexity index is 480. The molecule has 0 amide bonds. The molecule has 0 spiro atoms. The average Bonchev–Trinajstić information content (AvgIpc) is 2.37. The number of carbonyl (C=O) groups excluding carboxylic acids is 2. The van der Waals surface area contributed by atoms with E-state index >= 15 is 0 Å². The van der Waals surface area contributed by atoms with Gasteiger partial charge in [-0.3, -0.25) is 0 Å². The topological polar surface area (TPSA) is 52.6 Å². The number of hydrogen-bond acceptors (Lipinski definition) is 4. The predicted octanol–water partition coefficient (Wildman–Crippen LogP) is 3.39. The Morgan fingerprint density at radius 2 is 1.45 bits per heavy atom. The lowest BCUT2D eigenvalue weighted by atomic mass is 10.0. The van der Waals surface area contributed by atoms with Gasteiger partial charge in [-0.05, 0) is 36.7 Å². The van der Waals surface area contributed by atoms with Crippen LogP contribution < -0.4 is 0 Å². The van der Waals surface area contributed by atoms with Gasteiger partial charge in [-0.25, -0.2) is 18.4 Å². The average molecular weight is 351 g/mol. The van der Waals surface area contributed by atoms with Crippen LogP contribution in [0.2, 0.25) is 0 Å². The molecule has 0 atom stereocenters. The van der Waals surface area contributed by atoms with Crippen LogP contribution in [0.5, 0.6) is 0 Å². The molecule has 110 valence electrons. The molecule has 0 saturated heterocycles. The predicted molar refractivity (Wildman–Crippen MR) is 70.7 cm³/mol. The van der Waals surface area contributed by atoms with Crippen LogP contribution in [0.4, 0.5) is 8.78 Å². The van der Waals surface area contributed by atoms with Gasteiger partial charge in [0.1, 0.15) is 16.9 Å². The van der Waals surface area contributed by atoms with E-state index in [1.54, 1.807) is 13.8 Å². The smallest absolute Gasteiger partial charge is 0.342 e. The number of esters is 2. The van der Waals surface area contributed by atoms with Crippen molar-refractivity contribution in [2.45, 2.75) is 20.8 Å². The van der Waals surface area contributed by atoms with Gasteiger partial charge in [0.05, 0.1) is 17.7 Å². The van der Waals surface area contributed by atoms with Gasteiger partial charge in [-0.1, -0.05) is 0 Å². The van der Waals surface area contributed by atoms with Crippen LogP contribution in [0.3, 0.4) is 0 Å². The van der Waals surface area contributed by atoms with E-state index in [0.717, 1.165) is 0 Å². The first-order chi connectivity index (χ1) is 9.36. The maximum atomic E-state index is 14.2. The summed E-state index contributed by atoms with van der Waals surface area (Å²) in [6.45, 7) is 4.32. The van der Waals surface area contributed by atoms with Crippen LogP contribution in [-0.4, -0.2) is 25.2 Å². The number of halogens is 3. The number of ether oxygens (including phenoxy) is 2. The summed E-state index contributed by atoms with van der Waals surface area (Å²) in [7, 11) is 0. The fourth-order valence-corrected chi connectivity index (χ4v) is 2.14. The van der Waals surface area contributed by atoms with Crippen molar-refractivity contribution in [3.8, 4) is 0 Å². The van der Waals surface area contributed by atoms with Gasteiger partial charge < -0.3 is 9.47 Å². The summed E-state index contributed by atoms with van der Waals surface area (Å²) in [5.41, 5.74) is -1.41. The standard InChI is InChI=1S/C13H13BrF2O4/c1-4-19-12(17)7-6(3)10(15)8(9(14)11(7)16)13(18)20-5-2/h4-5H2,1-3H3. The molecule has 1 rings (SSSR count). The molecule has 4 nitrogen and oxygen atoms in total. The molecular formula is C13H13BrF2O4. The molecule has 0 aromatic heterocycles. The molecule has 0 heterocycles. The fourth-order valence-electron chi connectivity index (χ4n) is 1.61. The van der Waals surface area contributed by atoms with Crippen LogP contribution in [-0.2, 0) is 9.47 Å². The molecular weight excluding hydrogens is 338 g/mol. The van der Waals surface area contributed by atoms with Crippen molar-refractivity contribution in [2.75, 3.05) is 13.2 Å². The van der Waals surface area contributed by atoms with E-state index in [2.05, 4.69) is 25.4 Å². The summed E-state index contributed by atoms with van der Waals surface area (Å²) in [5.74, 6) is -4.06. The summed E-state index contributed by atoms with van der Waals surface area (Å²) >= 11 is 2.78. The summed E-state index contributed by atoms with van der Waals surface area (Å²) < 4.78 is 37.2. The maximum absolute atomic E-state index is 14.2. The monoisotopic (exact) mass is 350 g/mol. The molecule has 0 aliphatic rings. The van der Waals surface area contributed by atoms with Gasteiger partial charge in [0.25, 0.3) is 0 Å². The molecule has 0 N–H and O–H groups in total. The molecule has 1 aromatic carbocycles. The Hall–Kier alpha value is -1.50. The maximum Gasteiger partial charge on any atom is 0.342 e. The number of rotatable bonds is 4. The number of hydrogen-bond donors (Lipinski definition) is 0. The molecule has 0 aliphatic heterocycles. The second-order valence-corrected chi connectivity index (χ2v) is 4.55. The van der Waals surface area contributed by atoms with Crippen LogP contribution in [0.15, 0.2) is 4.47 Å². The minimum absolute atomic E-state index is 0.0189. The van der Waals surface area contributed by atoms with Gasteiger partial charge in [-0.15, -0.1) is 0 Å². The van der Waals surface area contributed by atoms with Gasteiger partial charge in [0, 0.05) is 5.56 Å². The highest BCUT2D eigenvalue weighted by atomic mass is 79.9. The third kappa shape index (κ3) is 2.98. The van der Waals surface area contributed by atoms with E-state index in [-0.39, 0.29) is 18.8 Å². The van der Waals surface area contributed by atoms with Crippen molar-refractivity contribution < 1.29 is 27.8 Å². The Balaban J connectivity index is 3.49. The number of carbonyl (C=O) groups is 2. The van der Waals surface area contributed by atoms with E-state index < -0.39 is 39.2 Å². The molecule has 0 fully saturated rings. The van der Waals surface area contributed by atoms with Crippen molar-refractivity contribution in [3.63, 3.8) is 0 Å². The second-order valence-electron chi connectivity index (χ2n) is 3.76. The van der Waals surface area contributed by atoms with E-state index in [1.807, 2.05) is 0 Å². The van der Waals surface area contributed by atoms with Crippen LogP contribution >= 0.6 is 15.9 Å². The lowest BCUT2D eigenvalue weighted by Crippen LogP contribution is -2.17. The lowest BCUT2D eigenvalue weighted by Gasteiger charge is -2.13. The van der Waals surface area contributed by atoms with Crippen LogP contribution in [0, 0.1) is 18.6 Å². The fraction of sp³-hybridized carbons (Fsp3) is 0.385. The first kappa shape index (κ1) is 16.6. The summed E-state index contributed by atoms with van der Waals surface area (Å²) in [6.07, 6.45) is 0. The largest absolute Gasteiger partial charge is 0.462 e. The van der Waals surface area contributed by atoms with E-state index in [0.29, 0.717) is 0 Å². The van der Waals surface area contributed by atoms with Gasteiger partial charge in [0.2, 0.25) is 0 Å². The van der Waals surface area contributed by atoms with Crippen molar-refractivity contribution in [3.05, 3.63) is 32.8 Å². The number of benzene rings is 1. The van der Waals surface area contributed by atoms with E-state index in [4.69, 9.17) is 0 Å². The molecule has 0 saturated carbocycles. The minimum atomic E-state index is -1.05. The van der Waals surface area contributed by atoms with Crippen LogP contribution in [0.1, 0.15) is 40.1 Å². The summed E-state index contributed by atoms with van der Waals surface area (Å²) in [5, 5.41) is 0. The van der Waals surface area contributed by atoms with Crippen LogP contribution in [0.25, 0.3) is 0 Å². The first-order valence-corrected chi connectivity index (χ1v) is 6.67. The third-order valence-electron chi connectivity index (χ3n) is 2.51. The van der Waals surface area contributed by atoms with E-state index in [1.165, 1.54) is 6.92 Å². The highest BCUT2D eigenvalue weighted by molar-refractivity contribution is 9.10. The lowest BCUT2D eigenvalue weighted by molar-refractivity contribution is 0.0499. The minimum Gasteiger partial charge on any atom is -0.462 e. The zero-order valence-electron chi connectivity index (χ0n) is 11.2. The normalized spacial score (nSPS) is 10.3. The van der Waals surface area contributed by atoms with Gasteiger partial charge in [0.15, 0.2) is 5.82 Å². The Kier molecular flexibility index (Phi) is 5.62.